The van der Waals surface area contributed by atoms with E-state index in [1.807, 2.05) is 66.7 Å². The Bertz CT molecular complexity index is 802. The molecule has 0 amide bonds. The van der Waals surface area contributed by atoms with E-state index in [2.05, 4.69) is 24.3 Å². The third-order valence-electron chi connectivity index (χ3n) is 5.06. The molecule has 1 aliphatic rings. The molecule has 0 aliphatic carbocycles. The average molecular weight is 403 g/mol. The van der Waals surface area contributed by atoms with Crippen molar-refractivity contribution in [2.45, 2.75) is 38.1 Å². The van der Waals surface area contributed by atoms with E-state index in [0.29, 0.717) is 26.4 Å². The second kappa shape index (κ2) is 11.0. The predicted octanol–water partition coefficient (Wildman–Crippen LogP) is 4.93. The lowest BCUT2D eigenvalue weighted by atomic mass is 10.1. The Hall–Kier alpha value is -2.50. The molecule has 30 heavy (non-hydrogen) atoms. The lowest BCUT2D eigenvalue weighted by molar-refractivity contribution is -0.193. The van der Waals surface area contributed by atoms with Crippen LogP contribution < -0.4 is 0 Å². The van der Waals surface area contributed by atoms with E-state index in [1.165, 1.54) is 0 Å². The zero-order valence-corrected chi connectivity index (χ0v) is 16.9. The van der Waals surface area contributed by atoms with Crippen molar-refractivity contribution in [3.8, 4) is 0 Å². The monoisotopic (exact) mass is 403 g/mol. The molecule has 1 radical (unpaired) electrons. The fourth-order valence-corrected chi connectivity index (χ4v) is 3.42. The second-order valence-corrected chi connectivity index (χ2v) is 7.33. The van der Waals surface area contributed by atoms with Gasteiger partial charge in [0.25, 0.3) is 0 Å². The number of benzene rings is 3. The minimum absolute atomic E-state index is 0.223. The summed E-state index contributed by atoms with van der Waals surface area (Å²) in [5.41, 5.74) is 3.35. The van der Waals surface area contributed by atoms with Crippen LogP contribution in [-0.2, 0) is 38.8 Å². The summed E-state index contributed by atoms with van der Waals surface area (Å²) in [5, 5.41) is 0. The second-order valence-electron chi connectivity index (χ2n) is 7.33. The minimum atomic E-state index is -0.316. The van der Waals surface area contributed by atoms with Gasteiger partial charge >= 0.3 is 0 Å². The molecule has 3 aromatic rings. The first-order chi connectivity index (χ1) is 14.9. The minimum Gasteiger partial charge on any atom is -0.370 e. The van der Waals surface area contributed by atoms with Gasteiger partial charge in [-0.2, -0.15) is 0 Å². The van der Waals surface area contributed by atoms with Crippen molar-refractivity contribution in [1.82, 2.24) is 0 Å². The van der Waals surface area contributed by atoms with Crippen molar-refractivity contribution in [1.29, 1.82) is 0 Å². The largest absolute Gasteiger partial charge is 0.370 e. The molecular weight excluding hydrogens is 376 g/mol. The van der Waals surface area contributed by atoms with Crippen molar-refractivity contribution in [2.24, 2.45) is 0 Å². The lowest BCUT2D eigenvalue weighted by Gasteiger charge is -2.37. The fraction of sp³-hybridized carbons (Fsp3) is 0.269. The van der Waals surface area contributed by atoms with Gasteiger partial charge < -0.3 is 18.9 Å². The van der Waals surface area contributed by atoms with E-state index in [-0.39, 0.29) is 18.3 Å². The first-order valence-electron chi connectivity index (χ1n) is 10.3. The van der Waals surface area contributed by atoms with E-state index in [4.69, 9.17) is 18.9 Å². The van der Waals surface area contributed by atoms with Crippen molar-refractivity contribution in [3.63, 3.8) is 0 Å². The summed E-state index contributed by atoms with van der Waals surface area (Å²) in [5.74, 6) is 0. The summed E-state index contributed by atoms with van der Waals surface area (Å²) >= 11 is 0. The van der Waals surface area contributed by atoms with Gasteiger partial charge in [0, 0.05) is 0 Å². The Labute approximate surface area is 178 Å². The molecule has 155 valence electrons. The molecule has 0 N–H and O–H groups in total. The molecule has 1 aliphatic heterocycles. The predicted molar refractivity (Wildman–Crippen MR) is 115 cm³/mol. The lowest BCUT2D eigenvalue weighted by Crippen LogP contribution is -2.49. The third-order valence-corrected chi connectivity index (χ3v) is 5.06. The SMILES string of the molecule is [CH]1OC[C@@H](OCc2ccccc2)[C@H](OCc2ccccc2)[C@H]1OCc1ccccc1. The average Bonchev–Trinajstić information content (AvgIpc) is 2.82. The summed E-state index contributed by atoms with van der Waals surface area (Å²) in [7, 11) is 0. The van der Waals surface area contributed by atoms with Crippen LogP contribution in [0, 0.1) is 6.61 Å². The highest BCUT2D eigenvalue weighted by molar-refractivity contribution is 5.15. The van der Waals surface area contributed by atoms with Gasteiger partial charge in [-0.25, -0.2) is 0 Å². The van der Waals surface area contributed by atoms with Crippen LogP contribution in [0.1, 0.15) is 16.7 Å². The highest BCUT2D eigenvalue weighted by atomic mass is 16.6. The van der Waals surface area contributed by atoms with Gasteiger partial charge in [0.05, 0.1) is 26.4 Å². The molecule has 0 unspecified atom stereocenters. The highest BCUT2D eigenvalue weighted by Crippen LogP contribution is 2.24. The molecule has 0 bridgehead atoms. The van der Waals surface area contributed by atoms with Crippen LogP contribution in [0.4, 0.5) is 0 Å². The Kier molecular flexibility index (Phi) is 7.64. The summed E-state index contributed by atoms with van der Waals surface area (Å²) < 4.78 is 24.4. The third kappa shape index (κ3) is 6.00. The van der Waals surface area contributed by atoms with Crippen LogP contribution in [0.3, 0.4) is 0 Å². The topological polar surface area (TPSA) is 36.9 Å². The molecule has 3 atom stereocenters. The van der Waals surface area contributed by atoms with Gasteiger partial charge in [-0.05, 0) is 16.7 Å². The van der Waals surface area contributed by atoms with Crippen LogP contribution in [0.25, 0.3) is 0 Å². The maximum absolute atomic E-state index is 6.31. The Balaban J connectivity index is 1.42. The Morgan fingerprint density at radius 2 is 1.07 bits per heavy atom. The van der Waals surface area contributed by atoms with Crippen LogP contribution in [0.2, 0.25) is 0 Å². The van der Waals surface area contributed by atoms with Gasteiger partial charge in [-0.3, -0.25) is 0 Å². The number of hydrogen-bond acceptors (Lipinski definition) is 4. The van der Waals surface area contributed by atoms with Gasteiger partial charge in [-0.1, -0.05) is 91.0 Å². The highest BCUT2D eigenvalue weighted by Gasteiger charge is 2.37. The van der Waals surface area contributed by atoms with Crippen molar-refractivity contribution < 1.29 is 18.9 Å². The summed E-state index contributed by atoms with van der Waals surface area (Å²) in [6.45, 7) is 3.67. The van der Waals surface area contributed by atoms with E-state index >= 15 is 0 Å². The molecule has 4 rings (SSSR count). The smallest absolute Gasteiger partial charge is 0.115 e. The molecule has 1 heterocycles. The van der Waals surface area contributed by atoms with E-state index in [0.717, 1.165) is 16.7 Å². The maximum atomic E-state index is 6.31. The zero-order chi connectivity index (χ0) is 20.4. The Morgan fingerprint density at radius 3 is 1.60 bits per heavy atom. The van der Waals surface area contributed by atoms with Crippen molar-refractivity contribution in [3.05, 3.63) is 114 Å². The fourth-order valence-electron chi connectivity index (χ4n) is 3.42. The molecule has 1 saturated heterocycles. The zero-order valence-electron chi connectivity index (χ0n) is 16.9. The van der Waals surface area contributed by atoms with Crippen LogP contribution in [0.5, 0.6) is 0 Å². The summed E-state index contributed by atoms with van der Waals surface area (Å²) in [6.07, 6.45) is -0.797. The Morgan fingerprint density at radius 1 is 0.600 bits per heavy atom. The number of ether oxygens (including phenoxy) is 4. The molecule has 3 aromatic carbocycles. The van der Waals surface area contributed by atoms with Crippen LogP contribution in [-0.4, -0.2) is 24.9 Å². The first-order valence-corrected chi connectivity index (χ1v) is 10.3. The molecule has 1 fully saturated rings. The summed E-state index contributed by atoms with van der Waals surface area (Å²) in [6, 6.07) is 30.4. The van der Waals surface area contributed by atoms with Gasteiger partial charge in [0.15, 0.2) is 0 Å². The van der Waals surface area contributed by atoms with Crippen LogP contribution >= 0.6 is 0 Å². The van der Waals surface area contributed by atoms with Crippen molar-refractivity contribution >= 4 is 0 Å². The molecule has 0 saturated carbocycles. The molecule has 0 aromatic heterocycles. The standard InChI is InChI=1S/C26H27O4/c1-4-10-21(11-5-1)16-28-24-19-27-20-25(29-17-22-12-6-2-7-13-22)26(24)30-18-23-14-8-3-9-15-23/h1-15,19,24-26H,16-18,20H2/t24-,25+,26+/m0/s1. The molecule has 4 nitrogen and oxygen atoms in total. The quantitative estimate of drug-likeness (QED) is 0.507. The van der Waals surface area contributed by atoms with E-state index in [9.17, 15) is 0 Å². The van der Waals surface area contributed by atoms with E-state index in [1.54, 1.807) is 6.61 Å². The molecular formula is C26H27O4. The van der Waals surface area contributed by atoms with Crippen LogP contribution in [0.15, 0.2) is 91.0 Å². The molecule has 0 spiro atoms. The van der Waals surface area contributed by atoms with Crippen molar-refractivity contribution in [2.75, 3.05) is 6.61 Å². The number of hydrogen-bond donors (Lipinski definition) is 0. The van der Waals surface area contributed by atoms with Gasteiger partial charge in [0.1, 0.15) is 24.9 Å². The van der Waals surface area contributed by atoms with Gasteiger partial charge in [-0.15, -0.1) is 0 Å². The molecule has 4 heteroatoms. The normalized spacial score (nSPS) is 21.4. The summed E-state index contributed by atoms with van der Waals surface area (Å²) in [4.78, 5) is 0. The number of rotatable bonds is 9. The van der Waals surface area contributed by atoms with E-state index < -0.39 is 0 Å². The first kappa shape index (κ1) is 20.8. The maximum Gasteiger partial charge on any atom is 0.115 e. The van der Waals surface area contributed by atoms with Gasteiger partial charge in [0.2, 0.25) is 0 Å².